The molecule has 2 aromatic carbocycles. The Balaban J connectivity index is 1.67. The van der Waals surface area contributed by atoms with Crippen molar-refractivity contribution in [2.75, 3.05) is 52.6 Å². The third-order valence-electron chi connectivity index (χ3n) is 6.93. The Hall–Kier alpha value is -3.36. The first-order chi connectivity index (χ1) is 18.5. The van der Waals surface area contributed by atoms with E-state index in [-0.39, 0.29) is 11.3 Å². The van der Waals surface area contributed by atoms with Crippen LogP contribution in [0, 0.1) is 0 Å². The molecule has 2 aromatic rings. The summed E-state index contributed by atoms with van der Waals surface area (Å²) in [5.41, 5.74) is 1.27. The lowest BCUT2D eigenvalue weighted by Crippen LogP contribution is -2.42. The van der Waals surface area contributed by atoms with Crippen molar-refractivity contribution in [1.29, 1.82) is 0 Å². The minimum Gasteiger partial charge on any atom is -0.507 e. The van der Waals surface area contributed by atoms with E-state index in [9.17, 15) is 14.7 Å². The number of unbranched alkanes of at least 4 members (excludes halogenated alkanes) is 2. The zero-order valence-corrected chi connectivity index (χ0v) is 22.4. The van der Waals surface area contributed by atoms with Gasteiger partial charge in [0.2, 0.25) is 0 Å². The average Bonchev–Trinajstić information content (AvgIpc) is 3.20. The Bertz CT molecular complexity index is 1120. The van der Waals surface area contributed by atoms with Crippen molar-refractivity contribution in [3.63, 3.8) is 0 Å². The highest BCUT2D eigenvalue weighted by molar-refractivity contribution is 6.46. The summed E-state index contributed by atoms with van der Waals surface area (Å²) in [5, 5.41) is 11.3. The van der Waals surface area contributed by atoms with Crippen molar-refractivity contribution < 1.29 is 28.9 Å². The lowest BCUT2D eigenvalue weighted by atomic mass is 9.95. The maximum absolute atomic E-state index is 13.4. The van der Waals surface area contributed by atoms with Gasteiger partial charge in [0.15, 0.2) is 0 Å². The van der Waals surface area contributed by atoms with Gasteiger partial charge in [0.05, 0.1) is 38.0 Å². The minimum atomic E-state index is -0.721. The second-order valence-electron chi connectivity index (χ2n) is 9.53. The first-order valence-electron chi connectivity index (χ1n) is 13.6. The topological polar surface area (TPSA) is 88.5 Å². The van der Waals surface area contributed by atoms with Crippen molar-refractivity contribution in [3.05, 3.63) is 65.2 Å². The molecule has 0 spiro atoms. The largest absolute Gasteiger partial charge is 0.507 e. The number of Topliss-reactive ketones (excluding diaryl/α,β-unsaturated/α-hetero) is 1. The van der Waals surface area contributed by atoms with Crippen molar-refractivity contribution in [2.24, 2.45) is 0 Å². The summed E-state index contributed by atoms with van der Waals surface area (Å²) in [4.78, 5) is 30.5. The summed E-state index contributed by atoms with van der Waals surface area (Å²) >= 11 is 0. The number of aliphatic hydroxyl groups is 1. The first-order valence-corrected chi connectivity index (χ1v) is 13.6. The maximum Gasteiger partial charge on any atom is 0.295 e. The monoisotopic (exact) mass is 522 g/mol. The number of hydrogen-bond donors (Lipinski definition) is 1. The number of nitrogens with zero attached hydrogens (tertiary/aromatic N) is 2. The van der Waals surface area contributed by atoms with E-state index in [2.05, 4.69) is 11.8 Å². The van der Waals surface area contributed by atoms with E-state index in [1.165, 1.54) is 0 Å². The van der Waals surface area contributed by atoms with Gasteiger partial charge in [0.1, 0.15) is 17.3 Å². The normalized spacial score (nSPS) is 19.6. The molecule has 0 aromatic heterocycles. The van der Waals surface area contributed by atoms with E-state index < -0.39 is 17.7 Å². The molecule has 2 saturated heterocycles. The van der Waals surface area contributed by atoms with E-state index in [0.29, 0.717) is 56.6 Å². The van der Waals surface area contributed by atoms with E-state index in [1.54, 1.807) is 29.2 Å². The van der Waals surface area contributed by atoms with Gasteiger partial charge in [-0.2, -0.15) is 0 Å². The lowest BCUT2D eigenvalue weighted by molar-refractivity contribution is -0.140. The van der Waals surface area contributed by atoms with Gasteiger partial charge in [-0.25, -0.2) is 0 Å². The number of carbonyl (C=O) groups is 2. The van der Waals surface area contributed by atoms with Crippen LogP contribution in [0.1, 0.15) is 50.3 Å². The third kappa shape index (κ3) is 6.55. The zero-order chi connectivity index (χ0) is 26.9. The number of ketones is 1. The summed E-state index contributed by atoms with van der Waals surface area (Å²) in [6.07, 6.45) is 3.15. The van der Waals surface area contributed by atoms with Crippen LogP contribution < -0.4 is 9.47 Å². The summed E-state index contributed by atoms with van der Waals surface area (Å²) < 4.78 is 16.9. The molecule has 2 heterocycles. The number of hydrogen-bond acceptors (Lipinski definition) is 7. The third-order valence-corrected chi connectivity index (χ3v) is 6.93. The first kappa shape index (κ1) is 27.7. The van der Waals surface area contributed by atoms with Crippen LogP contribution in [0.15, 0.2) is 54.1 Å². The van der Waals surface area contributed by atoms with Crippen LogP contribution in [-0.2, 0) is 14.3 Å². The highest BCUT2D eigenvalue weighted by Crippen LogP contribution is 2.40. The quantitative estimate of drug-likeness (QED) is 0.191. The SMILES string of the molecule is CCCCCOc1cccc(C2C(=C(O)c3ccc(OCC)cc3)C(=O)C(=O)N2CCN2CCOCC2)c1. The highest BCUT2D eigenvalue weighted by atomic mass is 16.5. The molecule has 204 valence electrons. The second-order valence-corrected chi connectivity index (χ2v) is 9.53. The van der Waals surface area contributed by atoms with Gasteiger partial charge in [0.25, 0.3) is 11.7 Å². The number of likely N-dealkylation sites (tertiary alicyclic amines) is 1. The molecule has 1 unspecified atom stereocenters. The molecule has 2 fully saturated rings. The standard InChI is InChI=1S/C30H38N2O6/c1-3-5-6-18-38-25-9-7-8-23(21-25)27-26(28(33)22-10-12-24(13-11-22)37-4-2)29(34)30(35)32(27)15-14-31-16-19-36-20-17-31/h7-13,21,27,33H,3-6,14-20H2,1-2H3. The molecule has 8 nitrogen and oxygen atoms in total. The van der Waals surface area contributed by atoms with Gasteiger partial charge in [-0.1, -0.05) is 31.9 Å². The summed E-state index contributed by atoms with van der Waals surface area (Å²) in [5.74, 6) is -0.139. The molecule has 2 aliphatic rings. The molecule has 38 heavy (non-hydrogen) atoms. The van der Waals surface area contributed by atoms with E-state index >= 15 is 0 Å². The van der Waals surface area contributed by atoms with E-state index in [1.807, 2.05) is 31.2 Å². The average molecular weight is 523 g/mol. The molecule has 1 atom stereocenters. The fourth-order valence-corrected chi connectivity index (χ4v) is 4.88. The Kier molecular flexibility index (Phi) is 9.79. The van der Waals surface area contributed by atoms with Crippen molar-refractivity contribution in [3.8, 4) is 11.5 Å². The van der Waals surface area contributed by atoms with Crippen LogP contribution in [0.4, 0.5) is 0 Å². The molecule has 4 rings (SSSR count). The van der Waals surface area contributed by atoms with Gasteiger partial charge in [-0.15, -0.1) is 0 Å². The van der Waals surface area contributed by atoms with Gasteiger partial charge in [-0.3, -0.25) is 14.5 Å². The van der Waals surface area contributed by atoms with Crippen LogP contribution in [0.5, 0.6) is 11.5 Å². The van der Waals surface area contributed by atoms with Crippen molar-refractivity contribution in [2.45, 2.75) is 39.2 Å². The van der Waals surface area contributed by atoms with Gasteiger partial charge < -0.3 is 24.2 Å². The lowest BCUT2D eigenvalue weighted by Gasteiger charge is -2.31. The number of carbonyl (C=O) groups excluding carboxylic acids is 2. The number of ether oxygens (including phenoxy) is 3. The molecule has 0 bridgehead atoms. The molecule has 0 aliphatic carbocycles. The molecular formula is C30H38N2O6. The number of rotatable bonds is 12. The smallest absolute Gasteiger partial charge is 0.295 e. The number of aliphatic hydroxyl groups excluding tert-OH is 1. The van der Waals surface area contributed by atoms with Gasteiger partial charge in [0, 0.05) is 31.7 Å². The molecule has 1 amide bonds. The fourth-order valence-electron chi connectivity index (χ4n) is 4.88. The van der Waals surface area contributed by atoms with Crippen molar-refractivity contribution >= 4 is 17.4 Å². The summed E-state index contributed by atoms with van der Waals surface area (Å²) in [7, 11) is 0. The zero-order valence-electron chi connectivity index (χ0n) is 22.4. The predicted octanol–water partition coefficient (Wildman–Crippen LogP) is 4.41. The van der Waals surface area contributed by atoms with Gasteiger partial charge in [-0.05, 0) is 55.3 Å². The number of amides is 1. The molecule has 8 heteroatoms. The van der Waals surface area contributed by atoms with E-state index in [4.69, 9.17) is 14.2 Å². The molecular weight excluding hydrogens is 484 g/mol. The van der Waals surface area contributed by atoms with Gasteiger partial charge >= 0.3 is 0 Å². The molecule has 2 aliphatic heterocycles. The number of morpholine rings is 1. The van der Waals surface area contributed by atoms with Crippen LogP contribution in [0.2, 0.25) is 0 Å². The Morgan fingerprint density at radius 1 is 0.974 bits per heavy atom. The maximum atomic E-state index is 13.4. The van der Waals surface area contributed by atoms with Crippen LogP contribution in [0.25, 0.3) is 5.76 Å². The molecule has 1 N–H and O–H groups in total. The Morgan fingerprint density at radius 2 is 1.74 bits per heavy atom. The van der Waals surface area contributed by atoms with E-state index in [0.717, 1.165) is 37.9 Å². The number of benzene rings is 2. The molecule has 0 saturated carbocycles. The Morgan fingerprint density at radius 3 is 2.45 bits per heavy atom. The van der Waals surface area contributed by atoms with Crippen LogP contribution >= 0.6 is 0 Å². The summed E-state index contributed by atoms with van der Waals surface area (Å²) in [6.45, 7) is 8.99. The molecule has 0 radical (unpaired) electrons. The van der Waals surface area contributed by atoms with Crippen LogP contribution in [-0.4, -0.2) is 79.2 Å². The minimum absolute atomic E-state index is 0.0873. The fraction of sp³-hybridized carbons (Fsp3) is 0.467. The predicted molar refractivity (Wildman–Crippen MR) is 145 cm³/mol. The Labute approximate surface area is 224 Å². The highest BCUT2D eigenvalue weighted by Gasteiger charge is 2.46. The van der Waals surface area contributed by atoms with Crippen molar-refractivity contribution in [1.82, 2.24) is 9.80 Å². The summed E-state index contributed by atoms with van der Waals surface area (Å²) in [6, 6.07) is 13.7. The second kappa shape index (κ2) is 13.4. The van der Waals surface area contributed by atoms with Crippen LogP contribution in [0.3, 0.4) is 0 Å².